The molecule has 5 heteroatoms. The average Bonchev–Trinajstić information content (AvgIpc) is 2.61. The molecule has 1 aromatic carbocycles. The Morgan fingerprint density at radius 1 is 1.04 bits per heavy atom. The van der Waals surface area contributed by atoms with E-state index in [1.807, 2.05) is 56.3 Å². The molecule has 3 aromatic rings. The number of hydrogen-bond donors (Lipinski definition) is 1. The first-order chi connectivity index (χ1) is 12.0. The first kappa shape index (κ1) is 16.5. The van der Waals surface area contributed by atoms with Gasteiger partial charge in [-0.1, -0.05) is 24.0 Å². The summed E-state index contributed by atoms with van der Waals surface area (Å²) in [7, 11) is 4.00. The highest BCUT2D eigenvalue weighted by atomic mass is 15.1. The fraction of sp³-hybridized carbons (Fsp3) is 0.150. The highest BCUT2D eigenvalue weighted by Gasteiger charge is 2.12. The molecule has 0 saturated carbocycles. The Morgan fingerprint density at radius 3 is 2.60 bits per heavy atom. The van der Waals surface area contributed by atoms with Crippen molar-refractivity contribution in [3.63, 3.8) is 0 Å². The summed E-state index contributed by atoms with van der Waals surface area (Å²) in [6, 6.07) is 11.9. The van der Waals surface area contributed by atoms with Crippen molar-refractivity contribution < 1.29 is 0 Å². The average molecular weight is 329 g/mol. The Kier molecular flexibility index (Phi) is 4.62. The van der Waals surface area contributed by atoms with Gasteiger partial charge in [0, 0.05) is 43.3 Å². The summed E-state index contributed by atoms with van der Waals surface area (Å²) in [5.41, 5.74) is 11.0. The zero-order valence-electron chi connectivity index (χ0n) is 14.5. The van der Waals surface area contributed by atoms with E-state index >= 15 is 0 Å². The third-order valence-corrected chi connectivity index (χ3v) is 3.74. The van der Waals surface area contributed by atoms with Crippen LogP contribution in [-0.2, 0) is 0 Å². The van der Waals surface area contributed by atoms with Crippen molar-refractivity contribution in [2.24, 2.45) is 0 Å². The molecule has 2 aromatic heterocycles. The van der Waals surface area contributed by atoms with Crippen LogP contribution in [0.15, 0.2) is 48.8 Å². The highest BCUT2D eigenvalue weighted by Crippen LogP contribution is 2.27. The van der Waals surface area contributed by atoms with Gasteiger partial charge < -0.3 is 10.6 Å². The van der Waals surface area contributed by atoms with E-state index in [1.54, 1.807) is 12.4 Å². The number of nitrogens with zero attached hydrogens (tertiary/aromatic N) is 4. The molecule has 0 saturated heterocycles. The van der Waals surface area contributed by atoms with Crippen molar-refractivity contribution in [3.8, 4) is 23.1 Å². The molecular formula is C20H19N5. The zero-order chi connectivity index (χ0) is 17.8. The van der Waals surface area contributed by atoms with Gasteiger partial charge in [0.05, 0.1) is 17.0 Å². The Morgan fingerprint density at radius 2 is 1.88 bits per heavy atom. The molecule has 0 bridgehead atoms. The van der Waals surface area contributed by atoms with Gasteiger partial charge in [0.1, 0.15) is 0 Å². The summed E-state index contributed by atoms with van der Waals surface area (Å²) in [6.45, 7) is 1.89. The third-order valence-electron chi connectivity index (χ3n) is 3.74. The monoisotopic (exact) mass is 329 g/mol. The molecule has 0 fully saturated rings. The predicted octanol–water partition coefficient (Wildman–Crippen LogP) is 2.90. The Hall–Kier alpha value is -3.39. The number of nitrogens with two attached hydrogens (primary N) is 1. The largest absolute Gasteiger partial charge is 0.378 e. The normalized spacial score (nSPS) is 10.0. The lowest BCUT2D eigenvalue weighted by molar-refractivity contribution is 1.11. The summed E-state index contributed by atoms with van der Waals surface area (Å²) >= 11 is 0. The molecule has 0 radical (unpaired) electrons. The quantitative estimate of drug-likeness (QED) is 0.732. The van der Waals surface area contributed by atoms with Crippen molar-refractivity contribution in [3.05, 3.63) is 65.6 Å². The van der Waals surface area contributed by atoms with E-state index in [9.17, 15) is 0 Å². The molecule has 0 spiro atoms. The van der Waals surface area contributed by atoms with Crippen LogP contribution in [0.2, 0.25) is 0 Å². The molecule has 0 aliphatic carbocycles. The minimum atomic E-state index is 0.245. The lowest BCUT2D eigenvalue weighted by Crippen LogP contribution is -2.08. The number of nitrogen functional groups attached to an aromatic ring is 1. The SMILES string of the molecule is Cc1nc(N)nc(-c2cccc(N(C)C)c2)c1C#Cc1cccnc1. The van der Waals surface area contributed by atoms with Crippen LogP contribution in [0, 0.1) is 18.8 Å². The van der Waals surface area contributed by atoms with E-state index < -0.39 is 0 Å². The molecule has 0 atom stereocenters. The van der Waals surface area contributed by atoms with Gasteiger partial charge in [0.15, 0.2) is 0 Å². The van der Waals surface area contributed by atoms with Crippen molar-refractivity contribution in [1.29, 1.82) is 0 Å². The second-order valence-corrected chi connectivity index (χ2v) is 5.83. The van der Waals surface area contributed by atoms with Crippen molar-refractivity contribution in [2.75, 3.05) is 24.7 Å². The number of rotatable bonds is 2. The molecule has 0 unspecified atom stereocenters. The lowest BCUT2D eigenvalue weighted by atomic mass is 10.0. The molecule has 2 N–H and O–H groups in total. The van der Waals surface area contributed by atoms with Crippen LogP contribution >= 0.6 is 0 Å². The van der Waals surface area contributed by atoms with Crippen molar-refractivity contribution in [1.82, 2.24) is 15.0 Å². The summed E-state index contributed by atoms with van der Waals surface area (Å²) < 4.78 is 0. The van der Waals surface area contributed by atoms with E-state index in [1.165, 1.54) is 0 Å². The van der Waals surface area contributed by atoms with Gasteiger partial charge in [0.25, 0.3) is 0 Å². The van der Waals surface area contributed by atoms with Crippen LogP contribution in [-0.4, -0.2) is 29.0 Å². The molecule has 3 rings (SSSR count). The Labute approximate surface area is 147 Å². The van der Waals surface area contributed by atoms with E-state index in [0.717, 1.165) is 33.8 Å². The van der Waals surface area contributed by atoms with Gasteiger partial charge in [-0.2, -0.15) is 0 Å². The van der Waals surface area contributed by atoms with Crippen LogP contribution < -0.4 is 10.6 Å². The molecule has 0 amide bonds. The summed E-state index contributed by atoms with van der Waals surface area (Å²) in [6.07, 6.45) is 3.45. The van der Waals surface area contributed by atoms with Crippen LogP contribution in [0.5, 0.6) is 0 Å². The fourth-order valence-electron chi connectivity index (χ4n) is 2.46. The Bertz CT molecular complexity index is 953. The topological polar surface area (TPSA) is 67.9 Å². The molecule has 5 nitrogen and oxygen atoms in total. The summed E-state index contributed by atoms with van der Waals surface area (Å²) in [5, 5.41) is 0. The molecule has 0 aliphatic rings. The highest BCUT2D eigenvalue weighted by molar-refractivity contribution is 5.73. The second-order valence-electron chi connectivity index (χ2n) is 5.83. The molecule has 0 aliphatic heterocycles. The minimum Gasteiger partial charge on any atom is -0.378 e. The molecule has 2 heterocycles. The van der Waals surface area contributed by atoms with Crippen LogP contribution in [0.1, 0.15) is 16.8 Å². The molecular weight excluding hydrogens is 310 g/mol. The van der Waals surface area contributed by atoms with Gasteiger partial charge in [-0.15, -0.1) is 0 Å². The number of hydrogen-bond acceptors (Lipinski definition) is 5. The molecule has 25 heavy (non-hydrogen) atoms. The van der Waals surface area contributed by atoms with Gasteiger partial charge in [-0.05, 0) is 31.2 Å². The van der Waals surface area contributed by atoms with E-state index in [-0.39, 0.29) is 5.95 Å². The maximum absolute atomic E-state index is 5.88. The van der Waals surface area contributed by atoms with Crippen LogP contribution in [0.25, 0.3) is 11.3 Å². The van der Waals surface area contributed by atoms with Gasteiger partial charge in [-0.3, -0.25) is 4.98 Å². The minimum absolute atomic E-state index is 0.245. The van der Waals surface area contributed by atoms with Crippen molar-refractivity contribution >= 4 is 11.6 Å². The van der Waals surface area contributed by atoms with Crippen LogP contribution in [0.4, 0.5) is 11.6 Å². The van der Waals surface area contributed by atoms with Crippen LogP contribution in [0.3, 0.4) is 0 Å². The number of aryl methyl sites for hydroxylation is 1. The fourth-order valence-corrected chi connectivity index (χ4v) is 2.46. The smallest absolute Gasteiger partial charge is 0.220 e. The summed E-state index contributed by atoms with van der Waals surface area (Å²) in [5.74, 6) is 6.56. The number of aromatic nitrogens is 3. The number of benzene rings is 1. The van der Waals surface area contributed by atoms with E-state index in [4.69, 9.17) is 5.73 Å². The standard InChI is InChI=1S/C20H19N5/c1-14-18(10-9-15-6-5-11-22-13-15)19(24-20(21)23-14)16-7-4-8-17(12-16)25(2)3/h4-8,11-13H,1-3H3,(H2,21,23,24). The Balaban J connectivity index is 2.14. The lowest BCUT2D eigenvalue weighted by Gasteiger charge is -2.14. The van der Waals surface area contributed by atoms with E-state index in [0.29, 0.717) is 0 Å². The first-order valence-corrected chi connectivity index (χ1v) is 7.88. The zero-order valence-corrected chi connectivity index (χ0v) is 14.5. The second kappa shape index (κ2) is 7.02. The maximum Gasteiger partial charge on any atom is 0.220 e. The molecule has 124 valence electrons. The van der Waals surface area contributed by atoms with Gasteiger partial charge in [0.2, 0.25) is 5.95 Å². The number of pyridine rings is 1. The summed E-state index contributed by atoms with van der Waals surface area (Å²) in [4.78, 5) is 14.8. The first-order valence-electron chi connectivity index (χ1n) is 7.88. The van der Waals surface area contributed by atoms with Crippen molar-refractivity contribution in [2.45, 2.75) is 6.92 Å². The number of anilines is 2. The maximum atomic E-state index is 5.88. The third kappa shape index (κ3) is 3.75. The van der Waals surface area contributed by atoms with E-state index in [2.05, 4.69) is 32.9 Å². The van der Waals surface area contributed by atoms with Gasteiger partial charge in [-0.25, -0.2) is 9.97 Å². The predicted molar refractivity (Wildman–Crippen MR) is 101 cm³/mol. The van der Waals surface area contributed by atoms with Gasteiger partial charge >= 0.3 is 0 Å².